The second-order valence-corrected chi connectivity index (χ2v) is 7.73. The van der Waals surface area contributed by atoms with Crippen LogP contribution in [0.3, 0.4) is 0 Å². The summed E-state index contributed by atoms with van der Waals surface area (Å²) in [5.74, 6) is 0.0457. The van der Waals surface area contributed by atoms with Crippen molar-refractivity contribution in [1.29, 1.82) is 0 Å². The maximum Gasteiger partial charge on any atom is 0.304 e. The highest BCUT2D eigenvalue weighted by atomic mass is 32.2. The monoisotopic (exact) mass is 334 g/mol. The summed E-state index contributed by atoms with van der Waals surface area (Å²) >= 11 is 2.06. The Kier molecular flexibility index (Phi) is 4.45. The van der Waals surface area contributed by atoms with Crippen molar-refractivity contribution < 1.29 is 8.42 Å². The van der Waals surface area contributed by atoms with Crippen LogP contribution in [-0.4, -0.2) is 23.5 Å². The van der Waals surface area contributed by atoms with Crippen LogP contribution in [0.15, 0.2) is 15.1 Å². The predicted octanol–water partition coefficient (Wildman–Crippen LogP) is 1.27. The first-order valence-electron chi connectivity index (χ1n) is 5.82. The molecule has 0 unspecified atom stereocenters. The van der Waals surface area contributed by atoms with Gasteiger partial charge in [0.25, 0.3) is 0 Å². The molecule has 0 bridgehead atoms. The van der Waals surface area contributed by atoms with E-state index in [0.29, 0.717) is 23.7 Å². The number of nitrogens with one attached hydrogen (secondary N) is 2. The maximum absolute atomic E-state index is 12.1. The molecule has 0 spiro atoms. The molecule has 4 N–H and O–H groups in total. The quantitative estimate of drug-likeness (QED) is 0.732. The number of nitrogens with two attached hydrogens (primary N) is 1. The van der Waals surface area contributed by atoms with Gasteiger partial charge in [-0.2, -0.15) is 4.37 Å². The number of thiazole rings is 1. The summed E-state index contributed by atoms with van der Waals surface area (Å²) < 4.78 is 28.2. The van der Waals surface area contributed by atoms with Gasteiger partial charge in [-0.1, -0.05) is 18.3 Å². The van der Waals surface area contributed by atoms with E-state index in [-0.39, 0.29) is 21.3 Å². The van der Waals surface area contributed by atoms with Gasteiger partial charge in [0, 0.05) is 11.1 Å². The molecule has 0 radical (unpaired) electrons. The van der Waals surface area contributed by atoms with Crippen molar-refractivity contribution in [2.45, 2.75) is 24.8 Å². The molecule has 0 fully saturated rings. The summed E-state index contributed by atoms with van der Waals surface area (Å²) in [6.45, 7) is 2.10. The zero-order valence-electron chi connectivity index (χ0n) is 10.7. The number of rotatable bonds is 6. The normalized spacial score (nSPS) is 11.7. The van der Waals surface area contributed by atoms with E-state index in [4.69, 9.17) is 5.73 Å². The minimum atomic E-state index is -3.44. The topological polar surface area (TPSA) is 118 Å². The minimum Gasteiger partial charge on any atom is -0.382 e. The minimum absolute atomic E-state index is 0.0183. The Morgan fingerprint density at radius 1 is 1.50 bits per heavy atom. The molecule has 20 heavy (non-hydrogen) atoms. The molecule has 7 nitrogen and oxygen atoms in total. The van der Waals surface area contributed by atoms with Gasteiger partial charge in [-0.05, 0) is 18.0 Å². The zero-order chi connectivity index (χ0) is 14.8. The Balaban J connectivity index is 2.23. The molecule has 0 saturated heterocycles. The van der Waals surface area contributed by atoms with Gasteiger partial charge >= 0.3 is 4.87 Å². The fourth-order valence-electron chi connectivity index (χ4n) is 1.65. The van der Waals surface area contributed by atoms with Crippen LogP contribution in [0.5, 0.6) is 0 Å². The number of H-pyrrole nitrogens is 1. The number of nitrogen functional groups attached to an aromatic ring is 1. The van der Waals surface area contributed by atoms with E-state index in [0.717, 1.165) is 22.9 Å². The molecule has 2 aromatic rings. The molecule has 2 heterocycles. The van der Waals surface area contributed by atoms with Gasteiger partial charge in [0.05, 0.1) is 12.3 Å². The van der Waals surface area contributed by atoms with Gasteiger partial charge in [0.2, 0.25) is 0 Å². The lowest BCUT2D eigenvalue weighted by molar-refractivity contribution is 0.595. The molecule has 110 valence electrons. The predicted molar refractivity (Wildman–Crippen MR) is 81.1 cm³/mol. The average molecular weight is 334 g/mol. The second-order valence-electron chi connectivity index (χ2n) is 4.07. The third kappa shape index (κ3) is 3.19. The van der Waals surface area contributed by atoms with Crippen LogP contribution < -0.4 is 15.9 Å². The van der Waals surface area contributed by atoms with Gasteiger partial charge in [0.1, 0.15) is 9.90 Å². The first-order valence-corrected chi connectivity index (χ1v) is 9.13. The summed E-state index contributed by atoms with van der Waals surface area (Å²) in [5, 5.41) is 5.05. The van der Waals surface area contributed by atoms with Gasteiger partial charge in [-0.25, -0.2) is 8.42 Å². The van der Waals surface area contributed by atoms with E-state index < -0.39 is 9.84 Å². The molecule has 0 amide bonds. The van der Waals surface area contributed by atoms with Crippen molar-refractivity contribution in [3.8, 4) is 0 Å². The molecule has 0 atom stereocenters. The molecule has 0 aliphatic heterocycles. The Hall–Kier alpha value is -1.39. The number of nitrogens with zero attached hydrogens (tertiary/aromatic N) is 1. The van der Waals surface area contributed by atoms with E-state index >= 15 is 0 Å². The highest BCUT2D eigenvalue weighted by Crippen LogP contribution is 2.32. The second kappa shape index (κ2) is 5.94. The Morgan fingerprint density at radius 3 is 2.85 bits per heavy atom. The fourth-order valence-corrected chi connectivity index (χ4v) is 4.85. The first-order chi connectivity index (χ1) is 9.44. The van der Waals surface area contributed by atoms with Gasteiger partial charge in [0.15, 0.2) is 15.7 Å². The number of hydrogen-bond donors (Lipinski definition) is 3. The smallest absolute Gasteiger partial charge is 0.304 e. The van der Waals surface area contributed by atoms with Crippen LogP contribution in [0.1, 0.15) is 19.0 Å². The molecule has 2 rings (SSSR count). The SMILES string of the molecule is CCCS(=O)(=O)c1c(N)nsc1NCc1csc(=O)[nH]1. The van der Waals surface area contributed by atoms with Crippen LogP contribution in [0.4, 0.5) is 10.8 Å². The third-order valence-corrected chi connectivity index (χ3v) is 6.12. The zero-order valence-corrected chi connectivity index (χ0v) is 13.1. The molecule has 0 aliphatic carbocycles. The molecule has 2 aromatic heterocycles. The van der Waals surface area contributed by atoms with E-state index in [1.807, 2.05) is 0 Å². The van der Waals surface area contributed by atoms with Gasteiger partial charge in [-0.15, -0.1) is 0 Å². The standard InChI is InChI=1S/C10H14N4O3S3/c1-2-3-20(16,17)7-8(11)14-19-9(7)12-4-6-5-18-10(15)13-6/h5,12H,2-4H2,1H3,(H2,11,14)(H,13,15). The summed E-state index contributed by atoms with van der Waals surface area (Å²) in [6.07, 6.45) is 0.509. The highest BCUT2D eigenvalue weighted by Gasteiger charge is 2.24. The van der Waals surface area contributed by atoms with Crippen molar-refractivity contribution in [3.05, 3.63) is 20.7 Å². The lowest BCUT2D eigenvalue weighted by Crippen LogP contribution is -2.11. The molecule has 0 aromatic carbocycles. The van der Waals surface area contributed by atoms with Crippen LogP contribution >= 0.6 is 22.9 Å². The summed E-state index contributed by atoms with van der Waals surface area (Å²) in [4.78, 5) is 13.6. The first kappa shape index (κ1) is 15.0. The lowest BCUT2D eigenvalue weighted by atomic mass is 10.5. The summed E-state index contributed by atoms with van der Waals surface area (Å²) in [7, 11) is -3.44. The number of aromatic amines is 1. The van der Waals surface area contributed by atoms with Crippen LogP contribution in [0.2, 0.25) is 0 Å². The number of sulfone groups is 1. The molecule has 10 heteroatoms. The van der Waals surface area contributed by atoms with Gasteiger partial charge < -0.3 is 16.0 Å². The molecular weight excluding hydrogens is 320 g/mol. The summed E-state index contributed by atoms with van der Waals surface area (Å²) in [6, 6.07) is 0. The van der Waals surface area contributed by atoms with Gasteiger partial charge in [-0.3, -0.25) is 4.79 Å². The maximum atomic E-state index is 12.1. The van der Waals surface area contributed by atoms with E-state index in [2.05, 4.69) is 14.7 Å². The van der Waals surface area contributed by atoms with E-state index in [1.54, 1.807) is 12.3 Å². The van der Waals surface area contributed by atoms with E-state index in [9.17, 15) is 13.2 Å². The Bertz CT molecular complexity index is 744. The van der Waals surface area contributed by atoms with Crippen LogP contribution in [0, 0.1) is 0 Å². The lowest BCUT2D eigenvalue weighted by Gasteiger charge is -2.06. The fraction of sp³-hybridized carbons (Fsp3) is 0.400. The molecular formula is C10H14N4O3S3. The van der Waals surface area contributed by atoms with Crippen LogP contribution in [-0.2, 0) is 16.4 Å². The highest BCUT2D eigenvalue weighted by molar-refractivity contribution is 7.91. The Morgan fingerprint density at radius 2 is 2.25 bits per heavy atom. The van der Waals surface area contributed by atoms with Crippen molar-refractivity contribution in [2.24, 2.45) is 0 Å². The molecule has 0 aliphatic rings. The number of hydrogen-bond acceptors (Lipinski definition) is 8. The molecule has 0 saturated carbocycles. The largest absolute Gasteiger partial charge is 0.382 e. The average Bonchev–Trinajstić information content (AvgIpc) is 2.93. The van der Waals surface area contributed by atoms with Crippen molar-refractivity contribution in [3.63, 3.8) is 0 Å². The number of aromatic nitrogens is 2. The summed E-state index contributed by atoms with van der Waals surface area (Å²) in [5.41, 5.74) is 6.34. The van der Waals surface area contributed by atoms with Crippen molar-refractivity contribution in [1.82, 2.24) is 9.36 Å². The Labute approximate surface area is 123 Å². The van der Waals surface area contributed by atoms with E-state index in [1.165, 1.54) is 0 Å². The van der Waals surface area contributed by atoms with Crippen molar-refractivity contribution in [2.75, 3.05) is 16.8 Å². The van der Waals surface area contributed by atoms with Crippen molar-refractivity contribution >= 4 is 43.5 Å². The van der Waals surface area contributed by atoms with Crippen LogP contribution in [0.25, 0.3) is 0 Å². The third-order valence-electron chi connectivity index (χ3n) is 2.47. The number of anilines is 2.